The molecule has 3 aromatic carbocycles. The van der Waals surface area contributed by atoms with Crippen LogP contribution < -0.4 is 10.0 Å². The summed E-state index contributed by atoms with van der Waals surface area (Å²) in [6.45, 7) is 7.08. The Morgan fingerprint density at radius 1 is 0.971 bits per heavy atom. The first-order valence-corrected chi connectivity index (χ1v) is 12.2. The number of nitrogens with one attached hydrogen (secondary N) is 2. The van der Waals surface area contributed by atoms with Gasteiger partial charge in [0.05, 0.1) is 16.5 Å². The van der Waals surface area contributed by atoms with Crippen molar-refractivity contribution >= 4 is 27.7 Å². The van der Waals surface area contributed by atoms with Gasteiger partial charge in [0.25, 0.3) is 5.91 Å². The van der Waals surface area contributed by atoms with Gasteiger partial charge in [0.15, 0.2) is 0 Å². The average Bonchev–Trinajstić information content (AvgIpc) is 2.78. The van der Waals surface area contributed by atoms with Crippen molar-refractivity contribution in [1.29, 1.82) is 5.26 Å². The number of benzene rings is 3. The topological polar surface area (TPSA) is 99.1 Å². The van der Waals surface area contributed by atoms with Crippen LogP contribution in [0.3, 0.4) is 0 Å². The number of rotatable bonds is 6. The molecular formula is C27H27N3O3S. The summed E-state index contributed by atoms with van der Waals surface area (Å²) >= 11 is 0. The summed E-state index contributed by atoms with van der Waals surface area (Å²) in [5, 5.41) is 11.9. The predicted molar refractivity (Wildman–Crippen MR) is 135 cm³/mol. The maximum atomic E-state index is 12.9. The van der Waals surface area contributed by atoms with Gasteiger partial charge in [-0.3, -0.25) is 4.79 Å². The van der Waals surface area contributed by atoms with Gasteiger partial charge in [-0.05, 0) is 75.2 Å². The zero-order chi connectivity index (χ0) is 24.9. The van der Waals surface area contributed by atoms with E-state index < -0.39 is 15.6 Å². The molecule has 0 atom stereocenters. The van der Waals surface area contributed by atoms with Gasteiger partial charge in [-0.1, -0.05) is 42.5 Å². The second-order valence-electron chi connectivity index (χ2n) is 8.95. The van der Waals surface area contributed by atoms with E-state index in [1.165, 1.54) is 0 Å². The molecule has 0 fully saturated rings. The van der Waals surface area contributed by atoms with E-state index >= 15 is 0 Å². The fourth-order valence-corrected chi connectivity index (χ4v) is 5.02. The van der Waals surface area contributed by atoms with E-state index in [4.69, 9.17) is 5.26 Å². The minimum Gasteiger partial charge on any atom is -0.322 e. The number of amides is 1. The Bertz CT molecular complexity index is 1380. The lowest BCUT2D eigenvalue weighted by molar-refractivity contribution is -0.112. The largest absolute Gasteiger partial charge is 0.322 e. The minimum absolute atomic E-state index is 0.195. The molecule has 34 heavy (non-hydrogen) atoms. The van der Waals surface area contributed by atoms with Crippen molar-refractivity contribution in [2.24, 2.45) is 0 Å². The fourth-order valence-electron chi connectivity index (χ4n) is 3.37. The van der Waals surface area contributed by atoms with Crippen molar-refractivity contribution in [2.75, 3.05) is 5.32 Å². The van der Waals surface area contributed by atoms with Gasteiger partial charge < -0.3 is 5.32 Å². The molecule has 1 amide bonds. The zero-order valence-corrected chi connectivity index (χ0v) is 20.4. The van der Waals surface area contributed by atoms with E-state index in [0.29, 0.717) is 28.0 Å². The molecule has 0 unspecified atom stereocenters. The highest BCUT2D eigenvalue weighted by molar-refractivity contribution is 7.89. The van der Waals surface area contributed by atoms with Gasteiger partial charge >= 0.3 is 0 Å². The van der Waals surface area contributed by atoms with E-state index in [2.05, 4.69) is 16.1 Å². The number of hydrogen-bond acceptors (Lipinski definition) is 4. The molecule has 0 radical (unpaired) electrons. The Morgan fingerprint density at radius 3 is 2.29 bits per heavy atom. The first kappa shape index (κ1) is 24.9. The van der Waals surface area contributed by atoms with Crippen LogP contribution in [0.5, 0.6) is 0 Å². The van der Waals surface area contributed by atoms with Crippen LogP contribution in [0.25, 0.3) is 17.2 Å². The van der Waals surface area contributed by atoms with Gasteiger partial charge in [0.2, 0.25) is 10.0 Å². The van der Waals surface area contributed by atoms with Crippen molar-refractivity contribution in [1.82, 2.24) is 4.72 Å². The third-order valence-electron chi connectivity index (χ3n) is 4.83. The van der Waals surface area contributed by atoms with E-state index in [-0.39, 0.29) is 10.8 Å². The molecule has 0 bridgehead atoms. The van der Waals surface area contributed by atoms with Gasteiger partial charge in [-0.25, -0.2) is 13.1 Å². The third kappa shape index (κ3) is 6.41. The monoisotopic (exact) mass is 473 g/mol. The molecule has 0 saturated carbocycles. The van der Waals surface area contributed by atoms with Crippen molar-refractivity contribution < 1.29 is 13.2 Å². The molecule has 0 saturated heterocycles. The molecule has 3 rings (SSSR count). The van der Waals surface area contributed by atoms with Gasteiger partial charge in [-0.2, -0.15) is 5.26 Å². The van der Waals surface area contributed by atoms with Crippen molar-refractivity contribution in [3.8, 4) is 17.2 Å². The van der Waals surface area contributed by atoms with Gasteiger partial charge in [0, 0.05) is 22.4 Å². The Balaban J connectivity index is 1.81. The van der Waals surface area contributed by atoms with Crippen LogP contribution in [0.15, 0.2) is 83.3 Å². The van der Waals surface area contributed by atoms with E-state index in [1.54, 1.807) is 101 Å². The molecule has 6 nitrogen and oxygen atoms in total. The first-order valence-electron chi connectivity index (χ1n) is 10.7. The maximum absolute atomic E-state index is 12.9. The highest BCUT2D eigenvalue weighted by Gasteiger charge is 2.24. The van der Waals surface area contributed by atoms with E-state index in [0.717, 1.165) is 5.56 Å². The zero-order valence-electron chi connectivity index (χ0n) is 19.6. The molecule has 174 valence electrons. The number of nitrogens with zero attached hydrogens (tertiary/aromatic N) is 1. The predicted octanol–water partition coefficient (Wildman–Crippen LogP) is 5.34. The maximum Gasteiger partial charge on any atom is 0.251 e. The number of nitriles is 1. The lowest BCUT2D eigenvalue weighted by atomic mass is 10.1. The van der Waals surface area contributed by atoms with Gasteiger partial charge in [0.1, 0.15) is 0 Å². The summed E-state index contributed by atoms with van der Waals surface area (Å²) in [5.74, 6) is -0.271. The van der Waals surface area contributed by atoms with Gasteiger partial charge in [-0.15, -0.1) is 0 Å². The van der Waals surface area contributed by atoms with Crippen molar-refractivity contribution in [3.63, 3.8) is 0 Å². The second kappa shape index (κ2) is 10.0. The van der Waals surface area contributed by atoms with E-state index in [9.17, 15) is 13.2 Å². The molecule has 3 aromatic rings. The normalized spacial score (nSPS) is 12.1. The quantitative estimate of drug-likeness (QED) is 0.472. The standard InChI is InChI=1S/C27H27N3O3S/c1-19(16-20-8-7-9-21(17-20)18-28)26(31)29-23-14-12-22(13-15-23)24-10-5-6-11-25(24)34(32,33)30-27(2,3)4/h5-17,30H,1-4H3,(H,29,31)/b19-16+. The van der Waals surface area contributed by atoms with Crippen molar-refractivity contribution in [3.05, 3.63) is 89.5 Å². The van der Waals surface area contributed by atoms with Crippen molar-refractivity contribution in [2.45, 2.75) is 38.1 Å². The molecule has 0 aromatic heterocycles. The first-order chi connectivity index (χ1) is 16.0. The third-order valence-corrected chi connectivity index (χ3v) is 6.64. The van der Waals surface area contributed by atoms with Crippen LogP contribution in [0.1, 0.15) is 38.8 Å². The summed E-state index contributed by atoms with van der Waals surface area (Å²) in [6, 6.07) is 22.9. The highest BCUT2D eigenvalue weighted by Crippen LogP contribution is 2.29. The average molecular weight is 474 g/mol. The number of hydrogen-bond donors (Lipinski definition) is 2. The molecule has 0 spiro atoms. The molecule has 7 heteroatoms. The number of sulfonamides is 1. The van der Waals surface area contributed by atoms with Crippen LogP contribution in [0.4, 0.5) is 5.69 Å². The molecule has 0 heterocycles. The molecule has 2 N–H and O–H groups in total. The Hall–Kier alpha value is -3.73. The Labute approximate surface area is 201 Å². The smallest absolute Gasteiger partial charge is 0.251 e. The molecular weight excluding hydrogens is 446 g/mol. The lowest BCUT2D eigenvalue weighted by Crippen LogP contribution is -2.40. The Morgan fingerprint density at radius 2 is 1.65 bits per heavy atom. The Kier molecular flexibility index (Phi) is 7.35. The molecule has 0 aliphatic carbocycles. The minimum atomic E-state index is -3.72. The summed E-state index contributed by atoms with van der Waals surface area (Å²) in [6.07, 6.45) is 1.72. The highest BCUT2D eigenvalue weighted by atomic mass is 32.2. The fraction of sp³-hybridized carbons (Fsp3) is 0.185. The van der Waals surface area contributed by atoms with Crippen LogP contribution in [0.2, 0.25) is 0 Å². The SMILES string of the molecule is C/C(=C\c1cccc(C#N)c1)C(=O)Nc1ccc(-c2ccccc2S(=O)(=O)NC(C)(C)C)cc1. The van der Waals surface area contributed by atoms with Crippen LogP contribution in [-0.4, -0.2) is 19.9 Å². The summed E-state index contributed by atoms with van der Waals surface area (Å²) in [7, 11) is -3.72. The summed E-state index contributed by atoms with van der Waals surface area (Å²) in [5.41, 5.74) is 3.05. The number of carbonyl (C=O) groups excluding carboxylic acids is 1. The number of anilines is 1. The molecule has 0 aliphatic rings. The summed E-state index contributed by atoms with van der Waals surface area (Å²) in [4.78, 5) is 12.8. The summed E-state index contributed by atoms with van der Waals surface area (Å²) < 4.78 is 28.5. The van der Waals surface area contributed by atoms with Crippen LogP contribution >= 0.6 is 0 Å². The van der Waals surface area contributed by atoms with E-state index in [1.807, 2.05) is 6.07 Å². The molecule has 0 aliphatic heterocycles. The second-order valence-corrected chi connectivity index (χ2v) is 10.6. The number of carbonyl (C=O) groups is 1. The lowest BCUT2D eigenvalue weighted by Gasteiger charge is -2.21. The van der Waals surface area contributed by atoms with Crippen LogP contribution in [0, 0.1) is 11.3 Å². The van der Waals surface area contributed by atoms with Crippen LogP contribution in [-0.2, 0) is 14.8 Å².